The van der Waals surface area contributed by atoms with E-state index >= 15 is 0 Å². The minimum atomic E-state index is -0.896. The van der Waals surface area contributed by atoms with Gasteiger partial charge in [-0.1, -0.05) is 62.4 Å². The molecule has 1 fully saturated rings. The molecule has 0 radical (unpaired) electrons. The molecule has 0 heterocycles. The highest BCUT2D eigenvalue weighted by molar-refractivity contribution is 5.89. The molecular weight excluding hydrogens is 336 g/mol. The molecule has 0 unspecified atom stereocenters. The maximum Gasteiger partial charge on any atom is 0.335 e. The van der Waals surface area contributed by atoms with Crippen molar-refractivity contribution in [2.24, 2.45) is 5.92 Å². The molecule has 3 rings (SSSR count). The van der Waals surface area contributed by atoms with Crippen molar-refractivity contribution in [1.29, 1.82) is 0 Å². The average molecular weight is 367 g/mol. The van der Waals surface area contributed by atoms with E-state index in [0.717, 1.165) is 35.6 Å². The number of hydrogen-bond acceptors (Lipinski definition) is 2. The zero-order chi connectivity index (χ0) is 19.1. The lowest BCUT2D eigenvalue weighted by atomic mass is 9.86. The Labute approximate surface area is 162 Å². The predicted molar refractivity (Wildman–Crippen MR) is 109 cm³/mol. The van der Waals surface area contributed by atoms with Crippen LogP contribution >= 0.6 is 0 Å². The van der Waals surface area contributed by atoms with Crippen LogP contribution in [0.1, 0.15) is 66.4 Å². The highest BCUT2D eigenvalue weighted by Crippen LogP contribution is 2.28. The first kappa shape index (κ1) is 19.6. The van der Waals surface area contributed by atoms with Gasteiger partial charge in [-0.3, -0.25) is 0 Å². The van der Waals surface area contributed by atoms with Gasteiger partial charge in [0.2, 0.25) is 0 Å². The Bertz CT molecular complexity index is 760. The Morgan fingerprint density at radius 1 is 1.11 bits per heavy atom. The second-order valence-corrected chi connectivity index (χ2v) is 7.73. The number of aryl methyl sites for hydroxylation is 1. The van der Waals surface area contributed by atoms with Crippen molar-refractivity contribution < 1.29 is 14.6 Å². The quantitative estimate of drug-likeness (QED) is 0.563. The Kier molecular flexibility index (Phi) is 7.05. The van der Waals surface area contributed by atoms with Crippen molar-refractivity contribution >= 4 is 5.97 Å². The summed E-state index contributed by atoms with van der Waals surface area (Å²) >= 11 is 0. The summed E-state index contributed by atoms with van der Waals surface area (Å²) < 4.78 is 5.88. The van der Waals surface area contributed by atoms with Crippen LogP contribution in [0.5, 0.6) is 0 Å². The number of carbonyl (C=O) groups is 1. The van der Waals surface area contributed by atoms with Crippen LogP contribution < -0.4 is 0 Å². The van der Waals surface area contributed by atoms with Gasteiger partial charge in [-0.15, -0.1) is 0 Å². The lowest BCUT2D eigenvalue weighted by molar-refractivity contribution is 0.0697. The third kappa shape index (κ3) is 5.67. The van der Waals surface area contributed by atoms with Gasteiger partial charge in [0.1, 0.15) is 0 Å². The van der Waals surface area contributed by atoms with Crippen LogP contribution in [0.2, 0.25) is 0 Å². The fourth-order valence-corrected chi connectivity index (χ4v) is 4.10. The van der Waals surface area contributed by atoms with Gasteiger partial charge in [0, 0.05) is 6.61 Å². The highest BCUT2D eigenvalue weighted by Gasteiger charge is 2.12. The summed E-state index contributed by atoms with van der Waals surface area (Å²) in [6.07, 6.45) is 9.51. The monoisotopic (exact) mass is 366 g/mol. The minimum Gasteiger partial charge on any atom is -0.478 e. The summed E-state index contributed by atoms with van der Waals surface area (Å²) in [5.74, 6) is 0.0261. The molecule has 3 heteroatoms. The van der Waals surface area contributed by atoms with Crippen molar-refractivity contribution in [3.8, 4) is 11.1 Å². The lowest BCUT2D eigenvalue weighted by Gasteiger charge is -2.21. The molecule has 2 aromatic carbocycles. The molecule has 27 heavy (non-hydrogen) atoms. The molecule has 0 aliphatic heterocycles. The summed E-state index contributed by atoms with van der Waals surface area (Å²) in [5.41, 5.74) is 4.63. The van der Waals surface area contributed by atoms with E-state index < -0.39 is 5.97 Å². The number of aromatic carboxylic acids is 1. The van der Waals surface area contributed by atoms with Crippen LogP contribution in [0.4, 0.5) is 0 Å². The molecule has 0 amide bonds. The molecule has 3 nitrogen and oxygen atoms in total. The topological polar surface area (TPSA) is 46.5 Å². The average Bonchev–Trinajstić information content (AvgIpc) is 2.69. The van der Waals surface area contributed by atoms with E-state index in [1.165, 1.54) is 44.1 Å². The molecule has 0 atom stereocenters. The van der Waals surface area contributed by atoms with E-state index in [1.807, 2.05) is 6.07 Å². The molecule has 2 aromatic rings. The standard InChI is InChI=1S/C24H30O3/c1-18-15-20(17-27-14-6-9-19-7-3-2-4-8-19)12-13-23(18)21-10-5-11-22(16-21)24(25)26/h5,10-13,15-16,19H,2-4,6-9,14,17H2,1H3,(H,25,26). The van der Waals surface area contributed by atoms with Crippen molar-refractivity contribution in [3.63, 3.8) is 0 Å². The molecule has 0 bridgehead atoms. The van der Waals surface area contributed by atoms with Gasteiger partial charge in [0.15, 0.2) is 0 Å². The number of benzene rings is 2. The van der Waals surface area contributed by atoms with Crippen LogP contribution in [-0.4, -0.2) is 17.7 Å². The first-order chi connectivity index (χ1) is 13.1. The summed E-state index contributed by atoms with van der Waals surface area (Å²) in [4.78, 5) is 11.2. The van der Waals surface area contributed by atoms with Crippen molar-refractivity contribution in [2.75, 3.05) is 6.61 Å². The van der Waals surface area contributed by atoms with E-state index in [1.54, 1.807) is 18.2 Å². The summed E-state index contributed by atoms with van der Waals surface area (Å²) in [6.45, 7) is 3.54. The van der Waals surface area contributed by atoms with E-state index in [4.69, 9.17) is 4.74 Å². The number of rotatable bonds is 8. The van der Waals surface area contributed by atoms with E-state index in [2.05, 4.69) is 25.1 Å². The van der Waals surface area contributed by atoms with Crippen LogP contribution in [0, 0.1) is 12.8 Å². The van der Waals surface area contributed by atoms with E-state index in [-0.39, 0.29) is 0 Å². The number of carboxylic acids is 1. The molecule has 1 aliphatic carbocycles. The Balaban J connectivity index is 1.50. The molecule has 1 saturated carbocycles. The molecule has 1 aliphatic rings. The van der Waals surface area contributed by atoms with Crippen molar-refractivity contribution in [2.45, 2.75) is 58.5 Å². The van der Waals surface area contributed by atoms with Gasteiger partial charge in [0.05, 0.1) is 12.2 Å². The van der Waals surface area contributed by atoms with Gasteiger partial charge < -0.3 is 9.84 Å². The minimum absolute atomic E-state index is 0.317. The van der Waals surface area contributed by atoms with Gasteiger partial charge in [-0.05, 0) is 60.1 Å². The second kappa shape index (κ2) is 9.70. The first-order valence-electron chi connectivity index (χ1n) is 10.1. The molecule has 0 aromatic heterocycles. The zero-order valence-corrected chi connectivity index (χ0v) is 16.2. The van der Waals surface area contributed by atoms with Crippen molar-refractivity contribution in [3.05, 3.63) is 59.2 Å². The molecule has 0 spiro atoms. The van der Waals surface area contributed by atoms with E-state index in [9.17, 15) is 9.90 Å². The van der Waals surface area contributed by atoms with Gasteiger partial charge in [-0.2, -0.15) is 0 Å². The molecule has 0 saturated heterocycles. The SMILES string of the molecule is Cc1cc(COCCCC2CCCCC2)ccc1-c1cccc(C(=O)O)c1. The van der Waals surface area contributed by atoms with Crippen LogP contribution in [0.25, 0.3) is 11.1 Å². The third-order valence-electron chi connectivity index (χ3n) is 5.61. The zero-order valence-electron chi connectivity index (χ0n) is 16.2. The van der Waals surface area contributed by atoms with Crippen molar-refractivity contribution in [1.82, 2.24) is 0 Å². The lowest BCUT2D eigenvalue weighted by Crippen LogP contribution is -2.07. The first-order valence-corrected chi connectivity index (χ1v) is 10.1. The Hall–Kier alpha value is -2.13. The normalized spacial score (nSPS) is 15.0. The second-order valence-electron chi connectivity index (χ2n) is 7.73. The van der Waals surface area contributed by atoms with Gasteiger partial charge >= 0.3 is 5.97 Å². The van der Waals surface area contributed by atoms with Crippen LogP contribution in [0.15, 0.2) is 42.5 Å². The van der Waals surface area contributed by atoms with Crippen LogP contribution in [0.3, 0.4) is 0 Å². The highest BCUT2D eigenvalue weighted by atomic mass is 16.5. The summed E-state index contributed by atoms with van der Waals surface area (Å²) in [7, 11) is 0. The number of carboxylic acid groups (broad SMARTS) is 1. The Morgan fingerprint density at radius 2 is 1.93 bits per heavy atom. The molecule has 144 valence electrons. The van der Waals surface area contributed by atoms with Gasteiger partial charge in [-0.25, -0.2) is 4.79 Å². The third-order valence-corrected chi connectivity index (χ3v) is 5.61. The fraction of sp³-hybridized carbons (Fsp3) is 0.458. The van der Waals surface area contributed by atoms with E-state index in [0.29, 0.717) is 12.2 Å². The fourth-order valence-electron chi connectivity index (χ4n) is 4.10. The van der Waals surface area contributed by atoms with Crippen LogP contribution in [-0.2, 0) is 11.3 Å². The summed E-state index contributed by atoms with van der Waals surface area (Å²) in [6, 6.07) is 13.4. The smallest absolute Gasteiger partial charge is 0.335 e. The molecular formula is C24H30O3. The largest absolute Gasteiger partial charge is 0.478 e. The Morgan fingerprint density at radius 3 is 2.67 bits per heavy atom. The summed E-state index contributed by atoms with van der Waals surface area (Å²) in [5, 5.41) is 9.18. The maximum atomic E-state index is 11.2. The number of ether oxygens (including phenoxy) is 1. The molecule has 1 N–H and O–H groups in total. The van der Waals surface area contributed by atoms with Gasteiger partial charge in [0.25, 0.3) is 0 Å². The number of hydrogen-bond donors (Lipinski definition) is 1. The maximum absolute atomic E-state index is 11.2. The predicted octanol–water partition coefficient (Wildman–Crippen LogP) is 6.24.